The van der Waals surface area contributed by atoms with E-state index in [4.69, 9.17) is 4.74 Å². The molecule has 1 aliphatic rings. The molecule has 0 radical (unpaired) electrons. The number of likely N-dealkylation sites (N-methyl/N-ethyl adjacent to an activating group) is 1. The van der Waals surface area contributed by atoms with Gasteiger partial charge in [-0.2, -0.15) is 0 Å². The van der Waals surface area contributed by atoms with Gasteiger partial charge in [0.05, 0.1) is 5.56 Å². The molecular weight excluding hydrogens is 378 g/mol. The number of carbonyl (C=O) groups excluding carboxylic acids is 2. The third-order valence-corrected chi connectivity index (χ3v) is 5.20. The van der Waals surface area contributed by atoms with E-state index >= 15 is 0 Å². The molecule has 2 aromatic carbocycles. The Bertz CT molecular complexity index is 933. The molecule has 6 heteroatoms. The summed E-state index contributed by atoms with van der Waals surface area (Å²) in [4.78, 5) is 27.7. The molecule has 1 aliphatic heterocycles. The minimum Gasteiger partial charge on any atom is -0.456 e. The highest BCUT2D eigenvalue weighted by atomic mass is 16.6. The van der Waals surface area contributed by atoms with E-state index in [0.717, 1.165) is 18.5 Å². The minimum atomic E-state index is -0.577. The summed E-state index contributed by atoms with van der Waals surface area (Å²) in [5.74, 6) is -0.444. The molecule has 6 nitrogen and oxygen atoms in total. The standard InChI is InChI=1S/C24H31N3O3/c1-24(2,3)30-23(29)18-11-9-12-19(16-18)26(6)22(28)21-20-13-8-7-10-17(20)14-15-27(21)25(4)5/h7-13,16,21H,14-15H2,1-6H3. The Balaban J connectivity index is 1.91. The van der Waals surface area contributed by atoms with Crippen LogP contribution in [0.5, 0.6) is 0 Å². The lowest BCUT2D eigenvalue weighted by atomic mass is 9.92. The Morgan fingerprint density at radius 1 is 1.03 bits per heavy atom. The van der Waals surface area contributed by atoms with Crippen LogP contribution in [0.2, 0.25) is 0 Å². The number of nitrogens with zero attached hydrogens (tertiary/aromatic N) is 3. The van der Waals surface area contributed by atoms with Gasteiger partial charge in [-0.1, -0.05) is 30.3 Å². The fraction of sp³-hybridized carbons (Fsp3) is 0.417. The first-order valence-corrected chi connectivity index (χ1v) is 10.2. The molecule has 0 fully saturated rings. The predicted octanol–water partition coefficient (Wildman–Crippen LogP) is 3.68. The largest absolute Gasteiger partial charge is 0.456 e. The topological polar surface area (TPSA) is 53.1 Å². The zero-order valence-corrected chi connectivity index (χ0v) is 18.7. The van der Waals surface area contributed by atoms with E-state index in [1.54, 1.807) is 30.1 Å². The van der Waals surface area contributed by atoms with Gasteiger partial charge < -0.3 is 9.64 Å². The quantitative estimate of drug-likeness (QED) is 0.721. The monoisotopic (exact) mass is 409 g/mol. The van der Waals surface area contributed by atoms with Crippen LogP contribution in [-0.2, 0) is 16.0 Å². The molecule has 1 amide bonds. The van der Waals surface area contributed by atoms with Gasteiger partial charge in [-0.15, -0.1) is 0 Å². The van der Waals surface area contributed by atoms with Crippen molar-refractivity contribution in [3.8, 4) is 0 Å². The molecular formula is C24H31N3O3. The summed E-state index contributed by atoms with van der Waals surface area (Å²) in [6.07, 6.45) is 0.899. The van der Waals surface area contributed by atoms with Crippen molar-refractivity contribution in [2.45, 2.75) is 38.8 Å². The van der Waals surface area contributed by atoms with Crippen molar-refractivity contribution in [2.75, 3.05) is 32.6 Å². The number of carbonyl (C=O) groups is 2. The van der Waals surface area contributed by atoms with Crippen molar-refractivity contribution >= 4 is 17.6 Å². The lowest BCUT2D eigenvalue weighted by molar-refractivity contribution is -0.132. The number of hydrogen-bond acceptors (Lipinski definition) is 5. The molecule has 0 spiro atoms. The summed E-state index contributed by atoms with van der Waals surface area (Å²) in [5.41, 5.74) is 2.73. The van der Waals surface area contributed by atoms with Gasteiger partial charge in [0.15, 0.2) is 0 Å². The van der Waals surface area contributed by atoms with Crippen molar-refractivity contribution in [1.82, 2.24) is 10.0 Å². The molecule has 2 aromatic rings. The van der Waals surface area contributed by atoms with Crippen molar-refractivity contribution in [3.63, 3.8) is 0 Å². The molecule has 0 saturated carbocycles. The van der Waals surface area contributed by atoms with Crippen LogP contribution in [0.4, 0.5) is 5.69 Å². The Morgan fingerprint density at radius 3 is 2.40 bits per heavy atom. The maximum Gasteiger partial charge on any atom is 0.338 e. The fourth-order valence-corrected chi connectivity index (χ4v) is 3.73. The molecule has 1 heterocycles. The third-order valence-electron chi connectivity index (χ3n) is 5.20. The first-order chi connectivity index (χ1) is 14.1. The van der Waals surface area contributed by atoms with E-state index in [1.807, 2.05) is 64.1 Å². The van der Waals surface area contributed by atoms with Crippen LogP contribution in [0.15, 0.2) is 48.5 Å². The number of amides is 1. The normalized spacial score (nSPS) is 16.8. The Hall–Kier alpha value is -2.70. The average Bonchev–Trinajstić information content (AvgIpc) is 2.70. The van der Waals surface area contributed by atoms with Crippen molar-refractivity contribution in [1.29, 1.82) is 0 Å². The van der Waals surface area contributed by atoms with E-state index in [9.17, 15) is 9.59 Å². The van der Waals surface area contributed by atoms with Gasteiger partial charge in [0.1, 0.15) is 11.6 Å². The Labute approximate surface area is 179 Å². The van der Waals surface area contributed by atoms with E-state index in [-0.39, 0.29) is 5.91 Å². The molecule has 0 aromatic heterocycles. The predicted molar refractivity (Wildman–Crippen MR) is 118 cm³/mol. The van der Waals surface area contributed by atoms with Gasteiger partial charge in [0.25, 0.3) is 0 Å². The third kappa shape index (κ3) is 4.71. The number of anilines is 1. The van der Waals surface area contributed by atoms with Gasteiger partial charge in [-0.05, 0) is 56.5 Å². The highest BCUT2D eigenvalue weighted by Gasteiger charge is 2.36. The van der Waals surface area contributed by atoms with Crippen molar-refractivity contribution in [2.24, 2.45) is 0 Å². The van der Waals surface area contributed by atoms with Crippen LogP contribution in [0.25, 0.3) is 0 Å². The van der Waals surface area contributed by atoms with E-state index in [1.165, 1.54) is 5.56 Å². The summed E-state index contributed by atoms with van der Waals surface area (Å²) in [5, 5.41) is 4.06. The van der Waals surface area contributed by atoms with Crippen molar-refractivity contribution < 1.29 is 14.3 Å². The highest BCUT2D eigenvalue weighted by molar-refractivity contribution is 5.99. The average molecular weight is 410 g/mol. The maximum absolute atomic E-state index is 13.6. The second-order valence-electron chi connectivity index (χ2n) is 8.81. The van der Waals surface area contributed by atoms with Crippen molar-refractivity contribution in [3.05, 3.63) is 65.2 Å². The number of hydrazine groups is 1. The summed E-state index contributed by atoms with van der Waals surface area (Å²) in [7, 11) is 5.66. The lowest BCUT2D eigenvalue weighted by Gasteiger charge is -2.41. The number of esters is 1. The summed E-state index contributed by atoms with van der Waals surface area (Å²) in [6.45, 7) is 6.27. The van der Waals surface area contributed by atoms with Crippen LogP contribution in [0.3, 0.4) is 0 Å². The molecule has 30 heavy (non-hydrogen) atoms. The summed E-state index contributed by atoms with van der Waals surface area (Å²) >= 11 is 0. The Morgan fingerprint density at radius 2 is 1.73 bits per heavy atom. The second-order valence-corrected chi connectivity index (χ2v) is 8.81. The fourth-order valence-electron chi connectivity index (χ4n) is 3.73. The number of benzene rings is 2. The zero-order valence-electron chi connectivity index (χ0n) is 18.7. The lowest BCUT2D eigenvalue weighted by Crippen LogP contribution is -2.50. The van der Waals surface area contributed by atoms with Gasteiger partial charge >= 0.3 is 5.97 Å². The van der Waals surface area contributed by atoms with Crippen LogP contribution >= 0.6 is 0 Å². The maximum atomic E-state index is 13.6. The highest BCUT2D eigenvalue weighted by Crippen LogP contribution is 2.33. The number of fused-ring (bicyclic) bond motifs is 1. The van der Waals surface area contributed by atoms with Crippen LogP contribution < -0.4 is 4.90 Å². The first kappa shape index (κ1) is 22.0. The smallest absolute Gasteiger partial charge is 0.338 e. The minimum absolute atomic E-state index is 0.0443. The van der Waals surface area contributed by atoms with Gasteiger partial charge in [0, 0.05) is 33.4 Å². The molecule has 0 bridgehead atoms. The number of hydrogen-bond donors (Lipinski definition) is 0. The molecule has 0 saturated heterocycles. The summed E-state index contributed by atoms with van der Waals surface area (Å²) < 4.78 is 5.47. The summed E-state index contributed by atoms with van der Waals surface area (Å²) in [6, 6.07) is 14.7. The second kappa shape index (κ2) is 8.58. The van der Waals surface area contributed by atoms with Crippen LogP contribution in [-0.4, -0.2) is 55.2 Å². The zero-order chi connectivity index (χ0) is 22.1. The van der Waals surface area contributed by atoms with E-state index < -0.39 is 17.6 Å². The van der Waals surface area contributed by atoms with E-state index in [2.05, 4.69) is 11.1 Å². The van der Waals surface area contributed by atoms with Gasteiger partial charge in [-0.3, -0.25) is 4.79 Å². The molecule has 0 aliphatic carbocycles. The van der Waals surface area contributed by atoms with Crippen LogP contribution in [0, 0.1) is 0 Å². The van der Waals surface area contributed by atoms with Gasteiger partial charge in [0.2, 0.25) is 5.91 Å². The SMILES string of the molecule is CN(C(=O)C1c2ccccc2CCN1N(C)C)c1cccc(C(=O)OC(C)(C)C)c1. The molecule has 0 N–H and O–H groups in total. The van der Waals surface area contributed by atoms with E-state index in [0.29, 0.717) is 11.3 Å². The molecule has 1 atom stereocenters. The van der Waals surface area contributed by atoms with Crippen LogP contribution in [0.1, 0.15) is 48.3 Å². The number of rotatable bonds is 4. The van der Waals surface area contributed by atoms with Gasteiger partial charge in [-0.25, -0.2) is 14.8 Å². The molecule has 1 unspecified atom stereocenters. The molecule has 160 valence electrons. The molecule has 3 rings (SSSR count). The number of ether oxygens (including phenoxy) is 1. The first-order valence-electron chi connectivity index (χ1n) is 10.2. The Kier molecular flexibility index (Phi) is 6.29.